The maximum Gasteiger partial charge on any atom is 0.0926 e. The van der Waals surface area contributed by atoms with Crippen LogP contribution in [0.2, 0.25) is 10.0 Å². The van der Waals surface area contributed by atoms with Crippen molar-refractivity contribution in [2.24, 2.45) is 4.99 Å². The van der Waals surface area contributed by atoms with Crippen LogP contribution in [0.5, 0.6) is 0 Å². The SMILES string of the molecule is Cc1cc(CCP2(=S)NC=Nc3ccccc32)c(Cl)cc1Cl. The van der Waals surface area contributed by atoms with Crippen molar-refractivity contribution < 1.29 is 0 Å². The van der Waals surface area contributed by atoms with E-state index >= 15 is 0 Å². The van der Waals surface area contributed by atoms with Gasteiger partial charge in [0.15, 0.2) is 0 Å². The lowest BCUT2D eigenvalue weighted by Gasteiger charge is -2.27. The molecule has 114 valence electrons. The van der Waals surface area contributed by atoms with Crippen LogP contribution in [0.25, 0.3) is 0 Å². The summed E-state index contributed by atoms with van der Waals surface area (Å²) in [6.07, 6.45) is 1.54. The lowest BCUT2D eigenvalue weighted by atomic mass is 10.1. The molecule has 22 heavy (non-hydrogen) atoms. The van der Waals surface area contributed by atoms with Crippen molar-refractivity contribution in [3.63, 3.8) is 0 Å². The zero-order chi connectivity index (χ0) is 15.7. The molecule has 2 aromatic rings. The predicted molar refractivity (Wildman–Crippen MR) is 101 cm³/mol. The molecule has 1 unspecified atom stereocenters. The highest BCUT2D eigenvalue weighted by molar-refractivity contribution is 8.17. The maximum absolute atomic E-state index is 6.31. The number of hydrogen-bond acceptors (Lipinski definition) is 2. The smallest absolute Gasteiger partial charge is 0.0926 e. The Bertz CT molecular complexity index is 805. The van der Waals surface area contributed by atoms with Crippen LogP contribution in [0, 0.1) is 6.92 Å². The number of para-hydroxylation sites is 1. The molecule has 0 amide bonds. The van der Waals surface area contributed by atoms with Gasteiger partial charge in [-0.15, -0.1) is 0 Å². The molecule has 6 heteroatoms. The Morgan fingerprint density at radius 3 is 2.77 bits per heavy atom. The molecule has 0 saturated carbocycles. The molecule has 0 spiro atoms. The first kappa shape index (κ1) is 16.0. The van der Waals surface area contributed by atoms with E-state index in [0.29, 0.717) is 10.0 Å². The van der Waals surface area contributed by atoms with Crippen molar-refractivity contribution in [1.82, 2.24) is 5.09 Å². The highest BCUT2D eigenvalue weighted by atomic mass is 35.5. The molecule has 1 heterocycles. The second kappa shape index (κ2) is 6.33. The zero-order valence-electron chi connectivity index (χ0n) is 12.0. The average molecular weight is 369 g/mol. The summed E-state index contributed by atoms with van der Waals surface area (Å²) in [5.74, 6) is 0. The second-order valence-corrected chi connectivity index (χ2v) is 10.6. The fraction of sp³-hybridized carbons (Fsp3) is 0.188. The fourth-order valence-corrected chi connectivity index (χ4v) is 6.01. The van der Waals surface area contributed by atoms with E-state index in [1.165, 1.54) is 0 Å². The number of hydrogen-bond donors (Lipinski definition) is 1. The number of aryl methyl sites for hydroxylation is 2. The van der Waals surface area contributed by atoms with E-state index in [-0.39, 0.29) is 0 Å². The summed E-state index contributed by atoms with van der Waals surface area (Å²) in [5, 5.41) is 5.88. The third-order valence-electron chi connectivity index (χ3n) is 3.76. The van der Waals surface area contributed by atoms with Gasteiger partial charge in [0, 0.05) is 21.5 Å². The first-order valence-corrected chi connectivity index (χ1v) is 10.7. The van der Waals surface area contributed by atoms with Gasteiger partial charge in [-0.1, -0.05) is 53.2 Å². The van der Waals surface area contributed by atoms with Crippen LogP contribution in [0.15, 0.2) is 41.4 Å². The van der Waals surface area contributed by atoms with Crippen molar-refractivity contribution in [3.05, 3.63) is 57.6 Å². The largest absolute Gasteiger partial charge is 0.345 e. The highest BCUT2D eigenvalue weighted by Gasteiger charge is 2.24. The number of benzene rings is 2. The van der Waals surface area contributed by atoms with Gasteiger partial charge in [0.25, 0.3) is 0 Å². The van der Waals surface area contributed by atoms with Crippen LogP contribution >= 0.6 is 29.4 Å². The third-order valence-corrected chi connectivity index (χ3v) is 8.52. The molecule has 0 saturated heterocycles. The molecule has 0 aliphatic carbocycles. The number of nitrogens with one attached hydrogen (secondary N) is 1. The molecule has 1 atom stereocenters. The number of nitrogens with zero attached hydrogens (tertiary/aromatic N) is 1. The van der Waals surface area contributed by atoms with E-state index in [4.69, 9.17) is 35.0 Å². The molecule has 1 aliphatic heterocycles. The molecule has 0 bridgehead atoms. The minimum absolute atomic E-state index is 0.699. The summed E-state index contributed by atoms with van der Waals surface area (Å²) in [5.41, 5.74) is 3.11. The molecule has 0 fully saturated rings. The summed E-state index contributed by atoms with van der Waals surface area (Å²) in [4.78, 5) is 4.37. The summed E-state index contributed by atoms with van der Waals surface area (Å²) < 4.78 is 0. The van der Waals surface area contributed by atoms with Crippen molar-refractivity contribution in [2.45, 2.75) is 13.3 Å². The van der Waals surface area contributed by atoms with E-state index in [9.17, 15) is 0 Å². The first-order chi connectivity index (χ1) is 10.5. The molecular weight excluding hydrogens is 354 g/mol. The summed E-state index contributed by atoms with van der Waals surface area (Å²) in [6, 6.07) is 12.0. The Balaban J connectivity index is 1.87. The van der Waals surface area contributed by atoms with E-state index in [1.54, 1.807) is 6.34 Å². The molecule has 1 N–H and O–H groups in total. The van der Waals surface area contributed by atoms with Crippen LogP contribution in [-0.4, -0.2) is 12.5 Å². The Kier molecular flexibility index (Phi) is 4.61. The minimum Gasteiger partial charge on any atom is -0.345 e. The van der Waals surface area contributed by atoms with Crippen LogP contribution in [0.4, 0.5) is 5.69 Å². The van der Waals surface area contributed by atoms with E-state index < -0.39 is 6.19 Å². The third kappa shape index (κ3) is 3.09. The van der Waals surface area contributed by atoms with Crippen molar-refractivity contribution in [2.75, 3.05) is 6.16 Å². The number of halogens is 2. The molecule has 2 aromatic carbocycles. The topological polar surface area (TPSA) is 24.4 Å². The maximum atomic E-state index is 6.31. The lowest BCUT2D eigenvalue weighted by molar-refractivity contribution is 1.13. The normalized spacial score (nSPS) is 19.6. The van der Waals surface area contributed by atoms with Gasteiger partial charge in [-0.25, -0.2) is 4.99 Å². The molecular formula is C16H15Cl2N2PS. The lowest BCUT2D eigenvalue weighted by Crippen LogP contribution is -2.25. The second-order valence-electron chi connectivity index (χ2n) is 5.28. The van der Waals surface area contributed by atoms with Crippen molar-refractivity contribution in [3.8, 4) is 0 Å². The number of aliphatic imine (C=N–C) groups is 1. The van der Waals surface area contributed by atoms with Gasteiger partial charge in [0.2, 0.25) is 0 Å². The van der Waals surface area contributed by atoms with E-state index in [2.05, 4.69) is 22.2 Å². The van der Waals surface area contributed by atoms with Gasteiger partial charge in [-0.05, 0) is 42.7 Å². The Morgan fingerprint density at radius 2 is 1.95 bits per heavy atom. The Morgan fingerprint density at radius 1 is 1.18 bits per heavy atom. The first-order valence-electron chi connectivity index (χ1n) is 6.93. The molecule has 0 aromatic heterocycles. The monoisotopic (exact) mass is 368 g/mol. The molecule has 0 radical (unpaired) electrons. The van der Waals surface area contributed by atoms with Gasteiger partial charge in [-0.2, -0.15) is 0 Å². The molecule has 1 aliphatic rings. The van der Waals surface area contributed by atoms with Crippen molar-refractivity contribution in [1.29, 1.82) is 0 Å². The summed E-state index contributed by atoms with van der Waals surface area (Å²) in [7, 11) is 0. The minimum atomic E-state index is -1.87. The van der Waals surface area contributed by atoms with Gasteiger partial charge >= 0.3 is 0 Å². The van der Waals surface area contributed by atoms with Gasteiger partial charge in [0.05, 0.1) is 18.2 Å². The van der Waals surface area contributed by atoms with Crippen LogP contribution in [0.1, 0.15) is 11.1 Å². The standard InChI is InChI=1S/C16H15Cl2N2PS/c1-11-8-12(14(18)9-13(11)17)6-7-21(22)16-5-3-2-4-15(16)19-10-20-21/h2-5,8-10H,6-7H2,1H3,(H,19,20,22). The number of rotatable bonds is 3. The summed E-state index contributed by atoms with van der Waals surface area (Å²) >= 11 is 18.4. The van der Waals surface area contributed by atoms with Gasteiger partial charge in [-0.3, -0.25) is 0 Å². The average Bonchev–Trinajstić information content (AvgIpc) is 2.50. The van der Waals surface area contributed by atoms with Crippen LogP contribution in [0.3, 0.4) is 0 Å². The molecule has 3 rings (SSSR count). The van der Waals surface area contributed by atoms with E-state index in [1.807, 2.05) is 31.2 Å². The molecule has 2 nitrogen and oxygen atoms in total. The van der Waals surface area contributed by atoms with Crippen LogP contribution < -0.4 is 10.4 Å². The number of fused-ring (bicyclic) bond motifs is 1. The zero-order valence-corrected chi connectivity index (χ0v) is 15.2. The Hall–Kier alpha value is -0.860. The highest BCUT2D eigenvalue weighted by Crippen LogP contribution is 2.45. The Labute approximate surface area is 145 Å². The van der Waals surface area contributed by atoms with E-state index in [0.717, 1.165) is 34.7 Å². The summed E-state index contributed by atoms with van der Waals surface area (Å²) in [6.45, 7) is 1.99. The fourth-order valence-electron chi connectivity index (χ4n) is 2.51. The quantitative estimate of drug-likeness (QED) is 0.784. The van der Waals surface area contributed by atoms with Gasteiger partial charge < -0.3 is 5.09 Å². The van der Waals surface area contributed by atoms with Crippen LogP contribution in [-0.2, 0) is 18.2 Å². The van der Waals surface area contributed by atoms with Gasteiger partial charge in [0.1, 0.15) is 0 Å². The van der Waals surface area contributed by atoms with Crippen molar-refractivity contribution >= 4 is 58.5 Å². The predicted octanol–water partition coefficient (Wildman–Crippen LogP) is 4.83.